The number of benzene rings is 1. The molecule has 0 heterocycles. The number of amides is 2. The highest BCUT2D eigenvalue weighted by Crippen LogP contribution is 2.23. The number of unbranched alkanes of at least 4 members (excludes halogenated alkanes) is 4. The number of nitrogens with zero attached hydrogens (tertiary/aromatic N) is 2. The summed E-state index contributed by atoms with van der Waals surface area (Å²) in [5.74, 6) is -0.777. The van der Waals surface area contributed by atoms with Crippen LogP contribution in [-0.2, 0) is 9.59 Å². The molecule has 164 valence electrons. The van der Waals surface area contributed by atoms with Crippen LogP contribution in [0.25, 0.3) is 0 Å². The molecular formula is C25H42N2O2. The van der Waals surface area contributed by atoms with Crippen LogP contribution in [0.3, 0.4) is 0 Å². The van der Waals surface area contributed by atoms with E-state index in [1.54, 1.807) is 0 Å². The molecule has 0 aromatic heterocycles. The Labute approximate surface area is 178 Å². The van der Waals surface area contributed by atoms with Crippen molar-refractivity contribution in [3.63, 3.8) is 0 Å². The maximum atomic E-state index is 13.6. The molecule has 4 heteroatoms. The minimum atomic E-state index is -0.723. The first-order chi connectivity index (χ1) is 14.1. The van der Waals surface area contributed by atoms with Gasteiger partial charge in [-0.1, -0.05) is 83.7 Å². The fourth-order valence-corrected chi connectivity index (χ4v) is 3.46. The predicted octanol–water partition coefficient (Wildman–Crippen LogP) is 5.63. The van der Waals surface area contributed by atoms with Gasteiger partial charge in [0.05, 0.1) is 0 Å². The molecule has 0 unspecified atom stereocenters. The molecule has 0 bridgehead atoms. The molecule has 0 aliphatic heterocycles. The smallest absolute Gasteiger partial charge is 0.239 e. The molecule has 1 rings (SSSR count). The van der Waals surface area contributed by atoms with Crippen molar-refractivity contribution >= 4 is 11.8 Å². The fourth-order valence-electron chi connectivity index (χ4n) is 3.46. The van der Waals surface area contributed by atoms with Crippen molar-refractivity contribution in [2.75, 3.05) is 26.2 Å². The van der Waals surface area contributed by atoms with Gasteiger partial charge in [0, 0.05) is 26.2 Å². The summed E-state index contributed by atoms with van der Waals surface area (Å²) in [7, 11) is 0. The van der Waals surface area contributed by atoms with E-state index in [1.165, 1.54) is 0 Å². The van der Waals surface area contributed by atoms with E-state index >= 15 is 0 Å². The lowest BCUT2D eigenvalue weighted by molar-refractivity contribution is -0.143. The van der Waals surface area contributed by atoms with E-state index in [1.807, 2.05) is 40.1 Å². The third kappa shape index (κ3) is 8.59. The van der Waals surface area contributed by atoms with Gasteiger partial charge in [-0.05, 0) is 31.2 Å². The van der Waals surface area contributed by atoms with Gasteiger partial charge in [-0.15, -0.1) is 0 Å². The molecule has 4 nitrogen and oxygen atoms in total. The predicted molar refractivity (Wildman–Crippen MR) is 122 cm³/mol. The zero-order valence-corrected chi connectivity index (χ0v) is 19.2. The lowest BCUT2D eigenvalue weighted by Gasteiger charge is -2.31. The Balaban J connectivity index is 3.19. The average molecular weight is 403 g/mol. The van der Waals surface area contributed by atoms with Crippen LogP contribution in [0.1, 0.15) is 90.5 Å². The van der Waals surface area contributed by atoms with Gasteiger partial charge in [-0.3, -0.25) is 9.59 Å². The number of carbonyl (C=O) groups is 2. The lowest BCUT2D eigenvalue weighted by atomic mass is 9.95. The topological polar surface area (TPSA) is 40.6 Å². The molecule has 0 radical (unpaired) electrons. The van der Waals surface area contributed by atoms with E-state index in [0.29, 0.717) is 0 Å². The van der Waals surface area contributed by atoms with Crippen molar-refractivity contribution in [1.82, 2.24) is 9.80 Å². The largest absolute Gasteiger partial charge is 0.342 e. The zero-order valence-electron chi connectivity index (χ0n) is 19.2. The van der Waals surface area contributed by atoms with Crippen LogP contribution >= 0.6 is 0 Å². The van der Waals surface area contributed by atoms with Crippen molar-refractivity contribution in [2.24, 2.45) is 0 Å². The molecular weight excluding hydrogens is 360 g/mol. The van der Waals surface area contributed by atoms with Crippen molar-refractivity contribution in [1.29, 1.82) is 0 Å². The summed E-state index contributed by atoms with van der Waals surface area (Å²) in [5.41, 5.74) is 0.818. The Kier molecular flexibility index (Phi) is 13.1. The van der Waals surface area contributed by atoms with Gasteiger partial charge < -0.3 is 9.80 Å². The number of rotatable bonds is 15. The highest BCUT2D eigenvalue weighted by atomic mass is 16.2. The molecule has 1 aromatic rings. The maximum Gasteiger partial charge on any atom is 0.239 e. The van der Waals surface area contributed by atoms with E-state index in [4.69, 9.17) is 0 Å². The van der Waals surface area contributed by atoms with Crippen molar-refractivity contribution < 1.29 is 9.59 Å². The van der Waals surface area contributed by atoms with Gasteiger partial charge >= 0.3 is 0 Å². The molecule has 0 fully saturated rings. The van der Waals surface area contributed by atoms with Crippen LogP contribution in [0, 0.1) is 0 Å². The van der Waals surface area contributed by atoms with Gasteiger partial charge in [0.15, 0.2) is 0 Å². The Morgan fingerprint density at radius 3 is 1.31 bits per heavy atom. The van der Waals surface area contributed by atoms with Crippen LogP contribution in [0.15, 0.2) is 30.3 Å². The zero-order chi connectivity index (χ0) is 21.5. The first-order valence-corrected chi connectivity index (χ1v) is 11.7. The summed E-state index contributed by atoms with van der Waals surface area (Å²) in [6, 6.07) is 9.64. The summed E-state index contributed by atoms with van der Waals surface area (Å²) in [6.07, 6.45) is 8.05. The highest BCUT2D eigenvalue weighted by molar-refractivity contribution is 6.05. The van der Waals surface area contributed by atoms with E-state index < -0.39 is 5.92 Å². The third-order valence-corrected chi connectivity index (χ3v) is 5.38. The standard InChI is InChI=1S/C25H42N2O2/c1-5-9-18-26(19-10-6-2)24(28)23(22-16-14-13-15-17-22)25(29)27(20-11-7-3)21-12-8-4/h13-17,23H,5-12,18-21H2,1-4H3. The SMILES string of the molecule is CCCCN(CCCC)C(=O)C(C(=O)N(CCCC)CCCC)c1ccccc1. The van der Waals surface area contributed by atoms with Gasteiger partial charge in [0.2, 0.25) is 11.8 Å². The third-order valence-electron chi connectivity index (χ3n) is 5.38. The summed E-state index contributed by atoms with van der Waals surface area (Å²) in [5, 5.41) is 0. The summed E-state index contributed by atoms with van der Waals surface area (Å²) >= 11 is 0. The molecule has 0 N–H and O–H groups in total. The highest BCUT2D eigenvalue weighted by Gasteiger charge is 2.34. The van der Waals surface area contributed by atoms with E-state index in [0.717, 1.165) is 83.1 Å². The van der Waals surface area contributed by atoms with Crippen LogP contribution < -0.4 is 0 Å². The fraction of sp³-hybridized carbons (Fsp3) is 0.680. The first-order valence-electron chi connectivity index (χ1n) is 11.7. The van der Waals surface area contributed by atoms with Gasteiger partial charge in [0.1, 0.15) is 5.92 Å². The van der Waals surface area contributed by atoms with E-state index in [9.17, 15) is 9.59 Å². The summed E-state index contributed by atoms with van der Waals surface area (Å²) in [6.45, 7) is 11.5. The quantitative estimate of drug-likeness (QED) is 0.357. The van der Waals surface area contributed by atoms with Crippen LogP contribution in [0.5, 0.6) is 0 Å². The second kappa shape index (κ2) is 15.1. The van der Waals surface area contributed by atoms with Gasteiger partial charge in [-0.2, -0.15) is 0 Å². The number of carbonyl (C=O) groups excluding carboxylic acids is 2. The molecule has 0 saturated carbocycles. The number of hydrogen-bond acceptors (Lipinski definition) is 2. The van der Waals surface area contributed by atoms with Crippen LogP contribution in [0.4, 0.5) is 0 Å². The normalized spacial score (nSPS) is 10.9. The lowest BCUT2D eigenvalue weighted by Crippen LogP contribution is -2.45. The van der Waals surface area contributed by atoms with E-state index in [2.05, 4.69) is 27.7 Å². The molecule has 29 heavy (non-hydrogen) atoms. The molecule has 2 amide bonds. The second-order valence-corrected chi connectivity index (χ2v) is 7.91. The van der Waals surface area contributed by atoms with Crippen molar-refractivity contribution in [3.8, 4) is 0 Å². The Hall–Kier alpha value is -1.84. The molecule has 0 aliphatic carbocycles. The van der Waals surface area contributed by atoms with Gasteiger partial charge in [0.25, 0.3) is 0 Å². The Morgan fingerprint density at radius 1 is 0.655 bits per heavy atom. The number of hydrogen-bond donors (Lipinski definition) is 0. The minimum Gasteiger partial charge on any atom is -0.342 e. The Morgan fingerprint density at radius 2 is 1.00 bits per heavy atom. The molecule has 1 aromatic carbocycles. The molecule has 0 spiro atoms. The monoisotopic (exact) mass is 402 g/mol. The molecule has 0 atom stereocenters. The summed E-state index contributed by atoms with van der Waals surface area (Å²) < 4.78 is 0. The Bertz CT molecular complexity index is 525. The van der Waals surface area contributed by atoms with E-state index in [-0.39, 0.29) is 11.8 Å². The average Bonchev–Trinajstić information content (AvgIpc) is 2.74. The van der Waals surface area contributed by atoms with Crippen molar-refractivity contribution in [3.05, 3.63) is 35.9 Å². The molecule has 0 saturated heterocycles. The van der Waals surface area contributed by atoms with Gasteiger partial charge in [-0.25, -0.2) is 0 Å². The molecule has 0 aliphatic rings. The summed E-state index contributed by atoms with van der Waals surface area (Å²) in [4.78, 5) is 31.1. The van der Waals surface area contributed by atoms with Crippen LogP contribution in [0.2, 0.25) is 0 Å². The second-order valence-electron chi connectivity index (χ2n) is 7.91. The van der Waals surface area contributed by atoms with Crippen LogP contribution in [-0.4, -0.2) is 47.8 Å². The minimum absolute atomic E-state index is 0.0268. The first kappa shape index (κ1) is 25.2. The maximum absolute atomic E-state index is 13.6. The van der Waals surface area contributed by atoms with Crippen molar-refractivity contribution in [2.45, 2.75) is 85.0 Å².